The van der Waals surface area contributed by atoms with Crippen molar-refractivity contribution in [2.45, 2.75) is 0 Å². The molecule has 0 radical (unpaired) electrons. The van der Waals surface area contributed by atoms with Gasteiger partial charge >= 0.3 is 35.0 Å². The van der Waals surface area contributed by atoms with Crippen molar-refractivity contribution in [3.05, 3.63) is 14.0 Å². The third-order valence-electron chi connectivity index (χ3n) is 0. The quantitative estimate of drug-likeness (QED) is 0.450. The molecule has 6 heavy (non-hydrogen) atoms. The Labute approximate surface area is 54.3 Å². The second-order valence-electron chi connectivity index (χ2n) is 0.0452. The second kappa shape index (κ2) is 42.8. The molecule has 0 atom stereocenters. The van der Waals surface area contributed by atoms with Gasteiger partial charge in [-0.25, -0.2) is 0 Å². The molecule has 42 valence electrons. The van der Waals surface area contributed by atoms with Gasteiger partial charge in [-0.05, 0) is 0 Å². The molecule has 0 spiro atoms. The molecule has 0 aromatic heterocycles. The van der Waals surface area contributed by atoms with E-state index in [9.17, 15) is 0 Å². The number of halogens is 2. The summed E-state index contributed by atoms with van der Waals surface area (Å²) in [7, 11) is 9.63. The Morgan fingerprint density at radius 3 is 1.33 bits per heavy atom. The molecule has 0 aliphatic carbocycles. The van der Waals surface area contributed by atoms with Gasteiger partial charge in [0.15, 0.2) is 0 Å². The normalized spacial score (nSPS) is 4.00. The zero-order valence-corrected chi connectivity index (χ0v) is 6.09. The molecule has 0 aliphatic rings. The molecular weight excluding hydrogens is 215 g/mol. The monoisotopic (exact) mass is 217 g/mol. The molecule has 1 nitrogen and oxygen atoms in total. The molecule has 0 bridgehead atoms. The first-order valence-electron chi connectivity index (χ1n) is 0.463. The number of rotatable bonds is 0. The summed E-state index contributed by atoms with van der Waals surface area (Å²) < 4.78 is 0. The second-order valence-corrected chi connectivity index (χ2v) is 2.41. The van der Waals surface area contributed by atoms with E-state index < -0.39 is 0 Å². The van der Waals surface area contributed by atoms with Gasteiger partial charge in [0.05, 0.1) is 0 Å². The third kappa shape index (κ3) is 123. The van der Waals surface area contributed by atoms with E-state index in [1.54, 1.807) is 0 Å². The van der Waals surface area contributed by atoms with Crippen molar-refractivity contribution in [2.24, 2.45) is 0 Å². The van der Waals surface area contributed by atoms with Crippen LogP contribution in [0.2, 0.25) is 0 Å². The zero-order chi connectivity index (χ0) is 4.71. The van der Waals surface area contributed by atoms with Gasteiger partial charge in [0, 0.05) is 0 Å². The van der Waals surface area contributed by atoms with Crippen LogP contribution >= 0.6 is 19.1 Å². The number of hydrogen-bond donors (Lipinski definition) is 0. The molecule has 4 heteroatoms. The number of hydrogen-bond acceptors (Lipinski definition) is 1. The molecule has 0 saturated heterocycles. The molecule has 0 unspecified atom stereocenters. The van der Waals surface area contributed by atoms with Crippen LogP contribution in [0.1, 0.15) is 0 Å². The summed E-state index contributed by atoms with van der Waals surface area (Å²) in [5.74, 6) is 0. The summed E-state index contributed by atoms with van der Waals surface area (Å²) in [4.78, 5) is 0. The Balaban J connectivity index is -0.0000000275. The first-order chi connectivity index (χ1) is 2.41. The van der Waals surface area contributed by atoms with E-state index in [-0.39, 0.29) is 23.4 Å². The van der Waals surface area contributed by atoms with E-state index >= 15 is 0 Å². The predicted octanol–water partition coefficient (Wildman–Crippen LogP) is 1.92. The van der Waals surface area contributed by atoms with Crippen LogP contribution in [0.15, 0.2) is 0 Å². The first kappa shape index (κ1) is 15.9. The molecule has 0 aliphatic heterocycles. The summed E-state index contributed by atoms with van der Waals surface area (Å²) in [5, 5.41) is 6.25. The van der Waals surface area contributed by atoms with Crippen LogP contribution in [0.5, 0.6) is 0 Å². The van der Waals surface area contributed by atoms with Gasteiger partial charge in [0.2, 0.25) is 0 Å². The van der Waals surface area contributed by atoms with E-state index in [1.165, 1.54) is 0 Å². The van der Waals surface area contributed by atoms with Crippen molar-refractivity contribution >= 4 is 19.1 Å². The van der Waals surface area contributed by atoms with Gasteiger partial charge in [0.1, 0.15) is 0 Å². The maximum atomic E-state index is 6.25. The van der Waals surface area contributed by atoms with E-state index in [2.05, 4.69) is 0 Å². The topological polar surface area (TPSA) is 23.8 Å². The summed E-state index contributed by atoms with van der Waals surface area (Å²) in [6.45, 7) is 4.75. The van der Waals surface area contributed by atoms with Crippen molar-refractivity contribution < 1.29 is 15.9 Å². The zero-order valence-electron chi connectivity index (χ0n) is 3.02. The van der Waals surface area contributed by atoms with Gasteiger partial charge < -0.3 is 19.3 Å². The van der Waals surface area contributed by atoms with Gasteiger partial charge in [-0.15, -0.1) is 0 Å². The van der Waals surface area contributed by atoms with E-state index in [4.69, 9.17) is 30.9 Å². The van der Waals surface area contributed by atoms with Crippen LogP contribution in [0.4, 0.5) is 0 Å². The van der Waals surface area contributed by atoms with Crippen molar-refractivity contribution in [1.82, 2.24) is 0 Å². The van der Waals surface area contributed by atoms with Crippen LogP contribution in [0.25, 0.3) is 0 Å². The Bertz CT molecular complexity index is 22.8. The van der Waals surface area contributed by atoms with Crippen molar-refractivity contribution in [1.29, 1.82) is 5.26 Å². The summed E-state index contributed by atoms with van der Waals surface area (Å²) in [6.07, 6.45) is 0. The molecule has 0 saturated carbocycles. The molecule has 0 N–H and O–H groups in total. The van der Waals surface area contributed by atoms with Crippen LogP contribution in [-0.2, 0) is 15.9 Å². The minimum absolute atomic E-state index is 0. The van der Waals surface area contributed by atoms with Gasteiger partial charge in [-0.1, -0.05) is 0 Å². The maximum absolute atomic E-state index is 6.25. The average molecular weight is 218 g/mol. The fourth-order valence-electron chi connectivity index (χ4n) is 0. The van der Waals surface area contributed by atoms with Crippen LogP contribution in [0.3, 0.4) is 0 Å². The molecule has 0 amide bonds. The molecular formula is C2H3Cl2NPd-2. The molecule has 0 rings (SSSR count). The van der Waals surface area contributed by atoms with Gasteiger partial charge in [-0.3, -0.25) is 0 Å². The van der Waals surface area contributed by atoms with Gasteiger partial charge in [-0.2, -0.15) is 0 Å². The summed E-state index contributed by atoms with van der Waals surface area (Å²) in [6, 6.07) is 0. The average Bonchev–Trinajstić information content (AvgIpc) is 1.46. The molecule has 0 heterocycles. The predicted molar refractivity (Wildman–Crippen MR) is 23.1 cm³/mol. The SMILES string of the molecule is [C-]#N.[CH3-].[Cl][Pd][Cl]. The van der Waals surface area contributed by atoms with Crippen molar-refractivity contribution in [3.63, 3.8) is 0 Å². The Morgan fingerprint density at radius 1 is 1.33 bits per heavy atom. The third-order valence-corrected chi connectivity index (χ3v) is 0. The number of nitrogens with zero attached hydrogens (tertiary/aromatic N) is 1. The fraction of sp³-hybridized carbons (Fsp3) is 0. The summed E-state index contributed by atoms with van der Waals surface area (Å²) >= 11 is -0.106. The van der Waals surface area contributed by atoms with E-state index in [1.807, 2.05) is 0 Å². The minimum atomic E-state index is -0.106. The Kier molecular flexibility index (Phi) is 113. The van der Waals surface area contributed by atoms with Crippen molar-refractivity contribution in [3.8, 4) is 0 Å². The Hall–Kier alpha value is 0.732. The molecule has 0 aromatic rings. The Morgan fingerprint density at radius 2 is 1.33 bits per heavy atom. The van der Waals surface area contributed by atoms with E-state index in [0.29, 0.717) is 0 Å². The van der Waals surface area contributed by atoms with Crippen molar-refractivity contribution in [2.75, 3.05) is 0 Å². The van der Waals surface area contributed by atoms with Crippen LogP contribution in [-0.4, -0.2) is 0 Å². The summed E-state index contributed by atoms with van der Waals surface area (Å²) in [5.41, 5.74) is 0. The molecule has 0 fully saturated rings. The standard InChI is InChI=1S/CN.CH3.2ClH.Pd/c1-2;;;;/h;1H3;2*1H;/q2*-1;;;+2/p-2. The van der Waals surface area contributed by atoms with Gasteiger partial charge in [0.25, 0.3) is 0 Å². The van der Waals surface area contributed by atoms with E-state index in [0.717, 1.165) is 0 Å². The van der Waals surface area contributed by atoms with Crippen LogP contribution in [0, 0.1) is 19.3 Å². The van der Waals surface area contributed by atoms with Crippen LogP contribution < -0.4 is 0 Å². The molecule has 0 aromatic carbocycles. The fourth-order valence-corrected chi connectivity index (χ4v) is 0. The first-order valence-corrected chi connectivity index (χ1v) is 4.47.